The van der Waals surface area contributed by atoms with Crippen molar-refractivity contribution in [2.75, 3.05) is 51.3 Å². The highest BCUT2D eigenvalue weighted by atomic mass is 19.4. The molecule has 1 aromatic heterocycles. The molecule has 8 nitrogen and oxygen atoms in total. The molecular weight excluding hydrogens is 465 g/mol. The quantitative estimate of drug-likeness (QED) is 0.634. The Bertz CT molecular complexity index is 1060. The minimum Gasteiger partial charge on any atom is -0.496 e. The van der Waals surface area contributed by atoms with Gasteiger partial charge in [-0.3, -0.25) is 4.79 Å². The van der Waals surface area contributed by atoms with E-state index in [9.17, 15) is 22.8 Å². The lowest BCUT2D eigenvalue weighted by Crippen LogP contribution is -2.50. The molecule has 1 atom stereocenters. The molecule has 2 saturated heterocycles. The minimum atomic E-state index is -4.44. The topological polar surface area (TPSA) is 75.2 Å². The SMILES string of the molecule is COc1ccccc1C(=O)N1CCCC1COC(=O)N1CCN(c2cc(C(F)(F)F)ccn2)CC1. The number of ether oxygens (including phenoxy) is 2. The van der Waals surface area contributed by atoms with Crippen LogP contribution in [0.5, 0.6) is 5.75 Å². The summed E-state index contributed by atoms with van der Waals surface area (Å²) in [6, 6.07) is 8.72. The third-order valence-corrected chi connectivity index (χ3v) is 6.31. The van der Waals surface area contributed by atoms with E-state index in [1.165, 1.54) is 12.0 Å². The Hall–Kier alpha value is -3.50. The Morgan fingerprint density at radius 1 is 1.09 bits per heavy atom. The van der Waals surface area contributed by atoms with E-state index in [1.807, 2.05) is 0 Å². The zero-order valence-electron chi connectivity index (χ0n) is 19.3. The van der Waals surface area contributed by atoms with Crippen molar-refractivity contribution in [2.24, 2.45) is 0 Å². The molecular formula is C24H27F3N4O4. The number of benzene rings is 1. The largest absolute Gasteiger partial charge is 0.496 e. The second-order valence-corrected chi connectivity index (χ2v) is 8.45. The number of aromatic nitrogens is 1. The first-order chi connectivity index (χ1) is 16.8. The molecule has 0 radical (unpaired) electrons. The molecule has 0 saturated carbocycles. The van der Waals surface area contributed by atoms with E-state index in [2.05, 4.69) is 4.98 Å². The normalized spacial score (nSPS) is 18.5. The van der Waals surface area contributed by atoms with Gasteiger partial charge in [0.15, 0.2) is 0 Å². The van der Waals surface area contributed by atoms with Crippen molar-refractivity contribution in [3.63, 3.8) is 0 Å². The number of alkyl halides is 3. The number of amides is 2. The standard InChI is InChI=1S/C24H27F3N4O4/c1-34-20-7-3-2-6-19(20)22(32)31-10-4-5-18(31)16-35-23(33)30-13-11-29(12-14-30)21-15-17(8-9-28-21)24(25,26)27/h2-3,6-9,15,18H,4-5,10-14,16H2,1H3. The zero-order chi connectivity index (χ0) is 25.0. The number of carbonyl (C=O) groups is 2. The van der Waals surface area contributed by atoms with Crippen molar-refractivity contribution < 1.29 is 32.2 Å². The molecule has 11 heteroatoms. The highest BCUT2D eigenvalue weighted by molar-refractivity contribution is 5.97. The molecule has 3 heterocycles. The highest BCUT2D eigenvalue weighted by Gasteiger charge is 2.34. The number of carbonyl (C=O) groups excluding carboxylic acids is 2. The zero-order valence-corrected chi connectivity index (χ0v) is 19.3. The van der Waals surface area contributed by atoms with Crippen LogP contribution in [0.4, 0.5) is 23.8 Å². The number of halogens is 3. The van der Waals surface area contributed by atoms with E-state index in [4.69, 9.17) is 9.47 Å². The number of hydrogen-bond acceptors (Lipinski definition) is 6. The van der Waals surface area contributed by atoms with Gasteiger partial charge < -0.3 is 24.2 Å². The van der Waals surface area contributed by atoms with Gasteiger partial charge in [-0.05, 0) is 37.1 Å². The van der Waals surface area contributed by atoms with E-state index in [0.29, 0.717) is 44.0 Å². The monoisotopic (exact) mass is 492 g/mol. The number of nitrogens with zero attached hydrogens (tertiary/aromatic N) is 4. The highest BCUT2D eigenvalue weighted by Crippen LogP contribution is 2.31. The molecule has 0 N–H and O–H groups in total. The van der Waals surface area contributed by atoms with Gasteiger partial charge in [0, 0.05) is 38.9 Å². The molecule has 2 fully saturated rings. The molecule has 1 unspecified atom stereocenters. The first-order valence-corrected chi connectivity index (χ1v) is 11.4. The van der Waals surface area contributed by atoms with Gasteiger partial charge in [-0.2, -0.15) is 13.2 Å². The van der Waals surface area contributed by atoms with Crippen LogP contribution in [0.3, 0.4) is 0 Å². The van der Waals surface area contributed by atoms with Crippen LogP contribution in [0.2, 0.25) is 0 Å². The molecule has 1 aromatic carbocycles. The summed E-state index contributed by atoms with van der Waals surface area (Å²) < 4.78 is 49.8. The van der Waals surface area contributed by atoms with Gasteiger partial charge in [0.2, 0.25) is 0 Å². The fraction of sp³-hybridized carbons (Fsp3) is 0.458. The number of methoxy groups -OCH3 is 1. The van der Waals surface area contributed by atoms with Crippen LogP contribution < -0.4 is 9.64 Å². The van der Waals surface area contributed by atoms with Gasteiger partial charge in [0.25, 0.3) is 5.91 Å². The van der Waals surface area contributed by atoms with Crippen LogP contribution in [0.25, 0.3) is 0 Å². The van der Waals surface area contributed by atoms with E-state index in [0.717, 1.165) is 31.2 Å². The summed E-state index contributed by atoms with van der Waals surface area (Å²) in [4.78, 5) is 34.7. The van der Waals surface area contributed by atoms with E-state index in [1.54, 1.807) is 34.1 Å². The maximum Gasteiger partial charge on any atom is 0.416 e. The summed E-state index contributed by atoms with van der Waals surface area (Å²) in [7, 11) is 1.51. The van der Waals surface area contributed by atoms with Crippen LogP contribution in [-0.2, 0) is 10.9 Å². The van der Waals surface area contributed by atoms with Crippen LogP contribution in [-0.4, -0.2) is 79.3 Å². The molecule has 35 heavy (non-hydrogen) atoms. The van der Waals surface area contributed by atoms with Crippen molar-refractivity contribution in [2.45, 2.75) is 25.1 Å². The predicted molar refractivity (Wildman–Crippen MR) is 121 cm³/mol. The summed E-state index contributed by atoms with van der Waals surface area (Å²) in [6.07, 6.45) is -2.27. The first-order valence-electron chi connectivity index (χ1n) is 11.4. The Labute approximate surface area is 201 Å². The summed E-state index contributed by atoms with van der Waals surface area (Å²) >= 11 is 0. The second kappa shape index (κ2) is 10.4. The van der Waals surface area contributed by atoms with Gasteiger partial charge in [-0.15, -0.1) is 0 Å². The average Bonchev–Trinajstić information content (AvgIpc) is 3.35. The molecule has 0 aliphatic carbocycles. The molecule has 188 valence electrons. The Kier molecular flexibility index (Phi) is 7.32. The predicted octanol–water partition coefficient (Wildman–Crippen LogP) is 3.67. The lowest BCUT2D eigenvalue weighted by molar-refractivity contribution is -0.137. The van der Waals surface area contributed by atoms with Crippen molar-refractivity contribution >= 4 is 17.8 Å². The van der Waals surface area contributed by atoms with Gasteiger partial charge in [-0.25, -0.2) is 9.78 Å². The molecule has 2 amide bonds. The van der Waals surface area contributed by atoms with Crippen molar-refractivity contribution in [1.29, 1.82) is 0 Å². The Morgan fingerprint density at radius 3 is 2.54 bits per heavy atom. The number of piperazine rings is 1. The van der Waals surface area contributed by atoms with Gasteiger partial charge in [0.05, 0.1) is 24.3 Å². The molecule has 2 aliphatic heterocycles. The van der Waals surface area contributed by atoms with E-state index in [-0.39, 0.29) is 24.4 Å². The number of pyridine rings is 1. The van der Waals surface area contributed by atoms with E-state index >= 15 is 0 Å². The third-order valence-electron chi connectivity index (χ3n) is 6.31. The van der Waals surface area contributed by atoms with Crippen molar-refractivity contribution in [3.05, 3.63) is 53.7 Å². The van der Waals surface area contributed by atoms with Crippen LogP contribution >= 0.6 is 0 Å². The Balaban J connectivity index is 1.30. The molecule has 2 aliphatic rings. The van der Waals surface area contributed by atoms with Gasteiger partial charge >= 0.3 is 12.3 Å². The summed E-state index contributed by atoms with van der Waals surface area (Å²) in [5, 5.41) is 0. The number of rotatable bonds is 5. The van der Waals surface area contributed by atoms with Crippen molar-refractivity contribution in [1.82, 2.24) is 14.8 Å². The van der Waals surface area contributed by atoms with Gasteiger partial charge in [-0.1, -0.05) is 12.1 Å². The summed E-state index contributed by atoms with van der Waals surface area (Å²) in [5.74, 6) is 0.556. The fourth-order valence-electron chi connectivity index (χ4n) is 4.40. The number of anilines is 1. The Morgan fingerprint density at radius 2 is 1.83 bits per heavy atom. The smallest absolute Gasteiger partial charge is 0.416 e. The third kappa shape index (κ3) is 5.60. The van der Waals surface area contributed by atoms with Crippen LogP contribution in [0.1, 0.15) is 28.8 Å². The molecule has 4 rings (SSSR count). The summed E-state index contributed by atoms with van der Waals surface area (Å²) in [5.41, 5.74) is -0.291. The van der Waals surface area contributed by atoms with E-state index < -0.39 is 17.8 Å². The second-order valence-electron chi connectivity index (χ2n) is 8.45. The van der Waals surface area contributed by atoms with Crippen LogP contribution in [0, 0.1) is 0 Å². The summed E-state index contributed by atoms with van der Waals surface area (Å²) in [6.45, 7) is 1.92. The lowest BCUT2D eigenvalue weighted by atomic mass is 10.1. The molecule has 0 bridgehead atoms. The average molecular weight is 492 g/mol. The minimum absolute atomic E-state index is 0.0785. The number of likely N-dealkylation sites (tertiary alicyclic amines) is 1. The maximum atomic E-state index is 13.1. The molecule has 2 aromatic rings. The lowest BCUT2D eigenvalue weighted by Gasteiger charge is -2.35. The van der Waals surface area contributed by atoms with Crippen LogP contribution in [0.15, 0.2) is 42.6 Å². The maximum absolute atomic E-state index is 13.1. The number of hydrogen-bond donors (Lipinski definition) is 0. The first kappa shape index (κ1) is 24.6. The number of para-hydroxylation sites is 1. The fourth-order valence-corrected chi connectivity index (χ4v) is 4.40. The molecule has 0 spiro atoms. The van der Waals surface area contributed by atoms with Gasteiger partial charge in [0.1, 0.15) is 18.2 Å². The van der Waals surface area contributed by atoms with Crippen molar-refractivity contribution in [3.8, 4) is 5.75 Å².